The Morgan fingerprint density at radius 3 is 2.47 bits per heavy atom. The highest BCUT2D eigenvalue weighted by molar-refractivity contribution is 7.89. The van der Waals surface area contributed by atoms with Crippen molar-refractivity contribution in [3.05, 3.63) is 0 Å². The van der Waals surface area contributed by atoms with Gasteiger partial charge in [-0.2, -0.15) is 0 Å². The fraction of sp³-hybridized carbons (Fsp3) is 1.00. The molecule has 2 N–H and O–H groups in total. The van der Waals surface area contributed by atoms with Crippen molar-refractivity contribution >= 4 is 10.0 Å². The number of hydrogen-bond acceptors (Lipinski definition) is 3. The molecule has 15 heavy (non-hydrogen) atoms. The number of hydrogen-bond donors (Lipinski definition) is 2. The molecule has 4 nitrogen and oxygen atoms in total. The molecule has 1 aliphatic carbocycles. The molecule has 0 saturated heterocycles. The van der Waals surface area contributed by atoms with Crippen LogP contribution in [0.15, 0.2) is 0 Å². The summed E-state index contributed by atoms with van der Waals surface area (Å²) < 4.78 is 26.0. The summed E-state index contributed by atoms with van der Waals surface area (Å²) in [5, 5.41) is 2.85. The van der Waals surface area contributed by atoms with Gasteiger partial charge in [0.1, 0.15) is 0 Å². The zero-order valence-corrected chi connectivity index (χ0v) is 10.4. The molecule has 90 valence electrons. The first-order valence-electron chi connectivity index (χ1n) is 5.70. The normalized spacial score (nSPS) is 20.7. The van der Waals surface area contributed by atoms with Gasteiger partial charge in [0.2, 0.25) is 10.0 Å². The molecule has 1 saturated carbocycles. The van der Waals surface area contributed by atoms with Crippen LogP contribution in [0.1, 0.15) is 32.6 Å². The lowest BCUT2D eigenvalue weighted by molar-refractivity contribution is 0.424. The topological polar surface area (TPSA) is 58.2 Å². The van der Waals surface area contributed by atoms with E-state index in [0.29, 0.717) is 12.5 Å². The second-order valence-corrected chi connectivity index (χ2v) is 6.25. The highest BCUT2D eigenvalue weighted by Crippen LogP contribution is 2.27. The predicted molar refractivity (Wildman–Crippen MR) is 62.3 cm³/mol. The van der Waals surface area contributed by atoms with E-state index < -0.39 is 10.0 Å². The molecule has 1 aliphatic rings. The van der Waals surface area contributed by atoms with E-state index in [9.17, 15) is 8.42 Å². The third-order valence-corrected chi connectivity index (χ3v) is 4.57. The first-order valence-corrected chi connectivity index (χ1v) is 7.35. The van der Waals surface area contributed by atoms with Crippen LogP contribution in [0.4, 0.5) is 0 Å². The lowest BCUT2D eigenvalue weighted by atomic mass is 10.0. The molecule has 0 aromatic rings. The van der Waals surface area contributed by atoms with Crippen molar-refractivity contribution < 1.29 is 8.42 Å². The summed E-state index contributed by atoms with van der Waals surface area (Å²) >= 11 is 0. The van der Waals surface area contributed by atoms with Crippen molar-refractivity contribution in [3.8, 4) is 0 Å². The van der Waals surface area contributed by atoms with Gasteiger partial charge in [-0.15, -0.1) is 0 Å². The zero-order valence-electron chi connectivity index (χ0n) is 9.62. The maximum absolute atomic E-state index is 11.6. The van der Waals surface area contributed by atoms with Crippen LogP contribution in [-0.2, 0) is 10.0 Å². The Balaban J connectivity index is 2.38. The molecule has 1 rings (SSSR count). The molecule has 0 bridgehead atoms. The lowest BCUT2D eigenvalue weighted by Gasteiger charge is -2.20. The van der Waals surface area contributed by atoms with E-state index in [1.807, 2.05) is 6.92 Å². The number of nitrogens with one attached hydrogen (secondary N) is 2. The van der Waals surface area contributed by atoms with E-state index in [2.05, 4.69) is 10.0 Å². The first kappa shape index (κ1) is 12.9. The van der Waals surface area contributed by atoms with Gasteiger partial charge in [-0.25, -0.2) is 13.1 Å². The first-order chi connectivity index (χ1) is 7.05. The Morgan fingerprint density at radius 1 is 1.33 bits per heavy atom. The summed E-state index contributed by atoms with van der Waals surface area (Å²) in [6, 6.07) is 0.0920. The van der Waals surface area contributed by atoms with Gasteiger partial charge in [0.25, 0.3) is 0 Å². The van der Waals surface area contributed by atoms with Crippen molar-refractivity contribution in [1.82, 2.24) is 10.0 Å². The summed E-state index contributed by atoms with van der Waals surface area (Å²) in [5.74, 6) is 0.704. The summed E-state index contributed by atoms with van der Waals surface area (Å²) in [6.07, 6.45) is 4.81. The van der Waals surface area contributed by atoms with Gasteiger partial charge < -0.3 is 5.32 Å². The molecule has 5 heteroatoms. The maximum atomic E-state index is 11.6. The van der Waals surface area contributed by atoms with Crippen LogP contribution in [0, 0.1) is 5.92 Å². The minimum absolute atomic E-state index is 0.0920. The van der Waals surface area contributed by atoms with E-state index >= 15 is 0 Å². The second kappa shape index (κ2) is 5.82. The predicted octanol–water partition coefficient (Wildman–Crippen LogP) is 0.704. The molecule has 0 amide bonds. The largest absolute Gasteiger partial charge is 0.319 e. The minimum Gasteiger partial charge on any atom is -0.319 e. The Morgan fingerprint density at radius 2 is 1.93 bits per heavy atom. The smallest absolute Gasteiger partial charge is 0.213 e. The highest BCUT2D eigenvalue weighted by atomic mass is 32.2. The monoisotopic (exact) mass is 234 g/mol. The fourth-order valence-electron chi connectivity index (χ4n) is 2.13. The average molecular weight is 234 g/mol. The second-order valence-electron chi connectivity index (χ2n) is 4.37. The molecule has 1 unspecified atom stereocenters. The zero-order chi connectivity index (χ0) is 11.3. The average Bonchev–Trinajstić information content (AvgIpc) is 2.67. The van der Waals surface area contributed by atoms with Crippen LogP contribution in [0.3, 0.4) is 0 Å². The standard InChI is InChI=1S/C10H22N2O2S/c1-9(10-5-3-4-6-10)12-15(13,14)8-7-11-2/h9-12H,3-8H2,1-2H3. The number of rotatable bonds is 6. The quantitative estimate of drug-likeness (QED) is 0.711. The van der Waals surface area contributed by atoms with E-state index in [0.717, 1.165) is 12.8 Å². The van der Waals surface area contributed by atoms with Crippen LogP contribution in [0.25, 0.3) is 0 Å². The number of sulfonamides is 1. The van der Waals surface area contributed by atoms with Crippen molar-refractivity contribution in [2.24, 2.45) is 5.92 Å². The molecular formula is C10H22N2O2S. The van der Waals surface area contributed by atoms with Gasteiger partial charge in [0, 0.05) is 12.6 Å². The van der Waals surface area contributed by atoms with Gasteiger partial charge in [-0.05, 0) is 32.7 Å². The SMILES string of the molecule is CNCCS(=O)(=O)NC(C)C1CCCC1. The molecule has 0 spiro atoms. The van der Waals surface area contributed by atoms with Gasteiger partial charge >= 0.3 is 0 Å². The Hall–Kier alpha value is -0.130. The van der Waals surface area contributed by atoms with E-state index in [1.54, 1.807) is 7.05 Å². The van der Waals surface area contributed by atoms with Gasteiger partial charge in [0.15, 0.2) is 0 Å². The molecule has 0 radical (unpaired) electrons. The third-order valence-electron chi connectivity index (χ3n) is 3.09. The van der Waals surface area contributed by atoms with E-state index in [-0.39, 0.29) is 11.8 Å². The van der Waals surface area contributed by atoms with Crippen LogP contribution < -0.4 is 10.0 Å². The minimum atomic E-state index is -3.09. The molecule has 0 aromatic heterocycles. The summed E-state index contributed by atoms with van der Waals surface area (Å²) in [6.45, 7) is 2.49. The summed E-state index contributed by atoms with van der Waals surface area (Å²) in [4.78, 5) is 0. The lowest BCUT2D eigenvalue weighted by Crippen LogP contribution is -2.40. The van der Waals surface area contributed by atoms with E-state index in [1.165, 1.54) is 12.8 Å². The fourth-order valence-corrected chi connectivity index (χ4v) is 3.48. The molecule has 1 atom stereocenters. The van der Waals surface area contributed by atoms with Crippen LogP contribution in [-0.4, -0.2) is 33.8 Å². The van der Waals surface area contributed by atoms with Gasteiger partial charge in [-0.1, -0.05) is 12.8 Å². The van der Waals surface area contributed by atoms with Crippen LogP contribution in [0.5, 0.6) is 0 Å². The Labute approximate surface area is 92.9 Å². The van der Waals surface area contributed by atoms with Crippen LogP contribution in [0.2, 0.25) is 0 Å². The molecular weight excluding hydrogens is 212 g/mol. The molecule has 0 aliphatic heterocycles. The highest BCUT2D eigenvalue weighted by Gasteiger charge is 2.24. The molecule has 1 fully saturated rings. The van der Waals surface area contributed by atoms with Crippen molar-refractivity contribution in [3.63, 3.8) is 0 Å². The van der Waals surface area contributed by atoms with Gasteiger partial charge in [0.05, 0.1) is 5.75 Å². The van der Waals surface area contributed by atoms with Crippen molar-refractivity contribution in [1.29, 1.82) is 0 Å². The molecule has 0 aromatic carbocycles. The Bertz CT molecular complexity index is 271. The van der Waals surface area contributed by atoms with Crippen LogP contribution >= 0.6 is 0 Å². The maximum Gasteiger partial charge on any atom is 0.213 e. The van der Waals surface area contributed by atoms with E-state index in [4.69, 9.17) is 0 Å². The van der Waals surface area contributed by atoms with Crippen molar-refractivity contribution in [2.75, 3.05) is 19.3 Å². The van der Waals surface area contributed by atoms with Crippen molar-refractivity contribution in [2.45, 2.75) is 38.6 Å². The molecule has 0 heterocycles. The summed E-state index contributed by atoms with van der Waals surface area (Å²) in [5.41, 5.74) is 0. The third kappa shape index (κ3) is 4.49. The van der Waals surface area contributed by atoms with Gasteiger partial charge in [-0.3, -0.25) is 0 Å². The Kier molecular flexibility index (Phi) is 5.02. The summed E-state index contributed by atoms with van der Waals surface area (Å²) in [7, 11) is -1.33.